The lowest BCUT2D eigenvalue weighted by Gasteiger charge is -2.11. The van der Waals surface area contributed by atoms with Crippen molar-refractivity contribution in [3.63, 3.8) is 0 Å². The van der Waals surface area contributed by atoms with Crippen LogP contribution in [-0.4, -0.2) is 19.0 Å². The van der Waals surface area contributed by atoms with E-state index in [2.05, 4.69) is 4.74 Å². The van der Waals surface area contributed by atoms with Crippen molar-refractivity contribution in [1.82, 2.24) is 0 Å². The maximum Gasteiger partial charge on any atom is 0.332 e. The Morgan fingerprint density at radius 1 is 1.53 bits per heavy atom. The Hall–Kier alpha value is -2.17. The van der Waals surface area contributed by atoms with E-state index in [0.717, 1.165) is 11.0 Å². The molecule has 0 fully saturated rings. The van der Waals surface area contributed by atoms with Gasteiger partial charge in [-0.05, 0) is 25.1 Å². The third-order valence-electron chi connectivity index (χ3n) is 1.88. The molecule has 0 spiro atoms. The Morgan fingerprint density at radius 3 is 2.88 bits per heavy atom. The van der Waals surface area contributed by atoms with Crippen LogP contribution in [0.1, 0.15) is 6.92 Å². The van der Waals surface area contributed by atoms with Crippen molar-refractivity contribution in [2.24, 2.45) is 0 Å². The Morgan fingerprint density at radius 2 is 2.29 bits per heavy atom. The van der Waals surface area contributed by atoms with Crippen molar-refractivity contribution in [2.45, 2.75) is 6.92 Å². The highest BCUT2D eigenvalue weighted by Gasteiger charge is 2.03. The number of amides is 1. The lowest BCUT2D eigenvalue weighted by Crippen LogP contribution is -2.14. The highest BCUT2D eigenvalue weighted by molar-refractivity contribution is 5.85. The van der Waals surface area contributed by atoms with Crippen LogP contribution in [-0.2, 0) is 14.3 Å². The van der Waals surface area contributed by atoms with Crippen LogP contribution in [0.4, 0.5) is 10.1 Å². The quantitative estimate of drug-likeness (QED) is 0.446. The normalized spacial score (nSPS) is 10.2. The molecule has 1 amide bonds. The van der Waals surface area contributed by atoms with Crippen LogP contribution in [0.2, 0.25) is 0 Å². The van der Waals surface area contributed by atoms with Crippen LogP contribution >= 0.6 is 0 Å². The van der Waals surface area contributed by atoms with Gasteiger partial charge in [0.15, 0.2) is 0 Å². The van der Waals surface area contributed by atoms with E-state index in [1.54, 1.807) is 13.0 Å². The highest BCUT2D eigenvalue weighted by Crippen LogP contribution is 2.14. The lowest BCUT2D eigenvalue weighted by molar-refractivity contribution is -0.137. The molecule has 0 aliphatic heterocycles. The molecule has 1 rings (SSSR count). The number of hydrogen-bond donors (Lipinski definition) is 0. The number of benzene rings is 1. The summed E-state index contributed by atoms with van der Waals surface area (Å²) in [6, 6.07) is 5.47. The zero-order valence-corrected chi connectivity index (χ0v) is 9.30. The van der Waals surface area contributed by atoms with Crippen LogP contribution in [0.15, 0.2) is 36.5 Å². The van der Waals surface area contributed by atoms with Crippen molar-refractivity contribution in [1.29, 1.82) is 0 Å². The first kappa shape index (κ1) is 12.9. The van der Waals surface area contributed by atoms with Gasteiger partial charge in [-0.3, -0.25) is 9.69 Å². The Labute approximate surface area is 98.3 Å². The van der Waals surface area contributed by atoms with Gasteiger partial charge in [0.05, 0.1) is 12.3 Å². The molecule has 0 aliphatic rings. The molecule has 4 nitrogen and oxygen atoms in total. The molecule has 0 aromatic heterocycles. The number of rotatable bonds is 5. The zero-order valence-electron chi connectivity index (χ0n) is 9.30. The number of hydrogen-bond acceptors (Lipinski definition) is 3. The van der Waals surface area contributed by atoms with Crippen LogP contribution in [0.3, 0.4) is 0 Å². The standard InChI is InChI=1S/C12H12FNO3/c1-2-17-12(16)6-7-14(9-15)11-5-3-4-10(13)8-11/h3-9H,2H2,1H3/b7-6+. The summed E-state index contributed by atoms with van der Waals surface area (Å²) in [5.74, 6) is -1.02. The Balaban J connectivity index is 2.79. The molecule has 0 heterocycles. The SMILES string of the molecule is CCOC(=O)/C=C/N(C=O)c1cccc(F)c1. The number of esters is 1. The van der Waals surface area contributed by atoms with Gasteiger partial charge in [0, 0.05) is 12.3 Å². The number of carbonyl (C=O) groups excluding carboxylic acids is 2. The van der Waals surface area contributed by atoms with E-state index in [1.807, 2.05) is 0 Å². The second-order valence-corrected chi connectivity index (χ2v) is 3.06. The van der Waals surface area contributed by atoms with Crippen LogP contribution in [0, 0.1) is 5.82 Å². The van der Waals surface area contributed by atoms with E-state index in [0.29, 0.717) is 12.1 Å². The van der Waals surface area contributed by atoms with Crippen LogP contribution in [0.5, 0.6) is 0 Å². The molecule has 1 aromatic rings. The van der Waals surface area contributed by atoms with Gasteiger partial charge in [-0.2, -0.15) is 0 Å². The summed E-state index contributed by atoms with van der Waals surface area (Å²) >= 11 is 0. The average molecular weight is 237 g/mol. The van der Waals surface area contributed by atoms with E-state index in [9.17, 15) is 14.0 Å². The summed E-state index contributed by atoms with van der Waals surface area (Å²) in [7, 11) is 0. The molecule has 1 aromatic carbocycles. The predicted octanol–water partition coefficient (Wildman–Crippen LogP) is 1.87. The van der Waals surface area contributed by atoms with E-state index in [1.165, 1.54) is 24.4 Å². The maximum atomic E-state index is 12.9. The molecular weight excluding hydrogens is 225 g/mol. The number of nitrogens with zero attached hydrogens (tertiary/aromatic N) is 1. The molecule has 0 radical (unpaired) electrons. The number of anilines is 1. The number of ether oxygens (including phenoxy) is 1. The summed E-state index contributed by atoms with van der Waals surface area (Å²) in [5.41, 5.74) is 0.334. The van der Waals surface area contributed by atoms with Crippen LogP contribution in [0.25, 0.3) is 0 Å². The molecule has 90 valence electrons. The van der Waals surface area contributed by atoms with E-state index in [-0.39, 0.29) is 6.61 Å². The molecule has 0 bridgehead atoms. The predicted molar refractivity (Wildman–Crippen MR) is 60.7 cm³/mol. The molecular formula is C12H12FNO3. The average Bonchev–Trinajstić information content (AvgIpc) is 2.30. The number of carbonyl (C=O) groups is 2. The van der Waals surface area contributed by atoms with Gasteiger partial charge in [-0.25, -0.2) is 9.18 Å². The Bertz CT molecular complexity index is 432. The molecule has 0 saturated heterocycles. The molecule has 17 heavy (non-hydrogen) atoms. The van der Waals surface area contributed by atoms with Gasteiger partial charge in [-0.15, -0.1) is 0 Å². The van der Waals surface area contributed by atoms with Gasteiger partial charge in [0.1, 0.15) is 5.82 Å². The molecule has 0 aliphatic carbocycles. The fourth-order valence-corrected chi connectivity index (χ4v) is 1.15. The minimum absolute atomic E-state index is 0.254. The van der Waals surface area contributed by atoms with Crippen molar-refractivity contribution < 1.29 is 18.7 Å². The summed E-state index contributed by atoms with van der Waals surface area (Å²) in [4.78, 5) is 22.9. The van der Waals surface area contributed by atoms with Gasteiger partial charge in [-0.1, -0.05) is 6.07 Å². The van der Waals surface area contributed by atoms with Gasteiger partial charge in [0.25, 0.3) is 0 Å². The first-order valence-electron chi connectivity index (χ1n) is 5.01. The Kier molecular flexibility index (Phi) is 4.87. The first-order valence-corrected chi connectivity index (χ1v) is 5.01. The third-order valence-corrected chi connectivity index (χ3v) is 1.88. The van der Waals surface area contributed by atoms with Crippen molar-refractivity contribution in [3.05, 3.63) is 42.4 Å². The summed E-state index contributed by atoms with van der Waals surface area (Å²) < 4.78 is 17.6. The minimum atomic E-state index is -0.559. The fourth-order valence-electron chi connectivity index (χ4n) is 1.15. The minimum Gasteiger partial charge on any atom is -0.463 e. The van der Waals surface area contributed by atoms with Gasteiger partial charge in [0.2, 0.25) is 6.41 Å². The van der Waals surface area contributed by atoms with E-state index in [4.69, 9.17) is 0 Å². The second kappa shape index (κ2) is 6.42. The van der Waals surface area contributed by atoms with Gasteiger partial charge < -0.3 is 4.74 Å². The third kappa shape index (κ3) is 4.06. The topological polar surface area (TPSA) is 46.6 Å². The molecule has 0 atom stereocenters. The maximum absolute atomic E-state index is 12.9. The van der Waals surface area contributed by atoms with E-state index >= 15 is 0 Å². The van der Waals surface area contributed by atoms with Crippen molar-refractivity contribution in [3.8, 4) is 0 Å². The fraction of sp³-hybridized carbons (Fsp3) is 0.167. The summed E-state index contributed by atoms with van der Waals surface area (Å²) in [5, 5.41) is 0. The highest BCUT2D eigenvalue weighted by atomic mass is 19.1. The van der Waals surface area contributed by atoms with E-state index < -0.39 is 11.8 Å². The molecule has 5 heteroatoms. The molecule has 0 unspecified atom stereocenters. The smallest absolute Gasteiger partial charge is 0.332 e. The monoisotopic (exact) mass is 237 g/mol. The molecule has 0 N–H and O–H groups in total. The largest absolute Gasteiger partial charge is 0.463 e. The molecule has 0 saturated carbocycles. The second-order valence-electron chi connectivity index (χ2n) is 3.06. The van der Waals surface area contributed by atoms with Crippen LogP contribution < -0.4 is 4.90 Å². The van der Waals surface area contributed by atoms with Crippen molar-refractivity contribution >= 4 is 18.1 Å². The van der Waals surface area contributed by atoms with Crippen molar-refractivity contribution in [2.75, 3.05) is 11.5 Å². The number of halogens is 1. The zero-order chi connectivity index (χ0) is 12.7. The summed E-state index contributed by atoms with van der Waals surface area (Å²) in [6.07, 6.45) is 2.80. The first-order chi connectivity index (χ1) is 8.17. The van der Waals surface area contributed by atoms with Gasteiger partial charge >= 0.3 is 5.97 Å². The lowest BCUT2D eigenvalue weighted by atomic mass is 10.3. The summed E-state index contributed by atoms with van der Waals surface area (Å²) in [6.45, 7) is 1.93.